The molecular formula is C35H29N3O5S2. The first-order valence-electron chi connectivity index (χ1n) is 14.2. The van der Waals surface area contributed by atoms with Gasteiger partial charge in [0.1, 0.15) is 23.9 Å². The van der Waals surface area contributed by atoms with E-state index in [1.165, 1.54) is 45.7 Å². The fourth-order valence-corrected chi connectivity index (χ4v) is 6.88. The Morgan fingerprint density at radius 2 is 1.64 bits per heavy atom. The van der Waals surface area contributed by atoms with Gasteiger partial charge in [0.2, 0.25) is 5.13 Å². The molecule has 1 aromatic heterocycles. The van der Waals surface area contributed by atoms with Gasteiger partial charge in [-0.25, -0.2) is 0 Å². The van der Waals surface area contributed by atoms with Crippen molar-refractivity contribution in [3.8, 4) is 11.5 Å². The number of phenols is 1. The first kappa shape index (κ1) is 30.1. The van der Waals surface area contributed by atoms with Crippen molar-refractivity contribution in [1.82, 2.24) is 10.2 Å². The van der Waals surface area contributed by atoms with Gasteiger partial charge in [-0.1, -0.05) is 94.9 Å². The number of benzene rings is 4. The van der Waals surface area contributed by atoms with Gasteiger partial charge in [0, 0.05) is 11.3 Å². The van der Waals surface area contributed by atoms with Crippen LogP contribution in [0.2, 0.25) is 0 Å². The van der Waals surface area contributed by atoms with Gasteiger partial charge in [-0.2, -0.15) is 0 Å². The predicted octanol–water partition coefficient (Wildman–Crippen LogP) is 7.36. The highest BCUT2D eigenvalue weighted by Crippen LogP contribution is 2.44. The molecule has 5 aromatic rings. The molecule has 0 aliphatic carbocycles. The summed E-state index contributed by atoms with van der Waals surface area (Å²) in [6.07, 6.45) is 0. The first-order chi connectivity index (χ1) is 21.8. The summed E-state index contributed by atoms with van der Waals surface area (Å²) in [5.74, 6) is -0.830. The molecule has 6 rings (SSSR count). The minimum atomic E-state index is -1.03. The maximum atomic E-state index is 13.5. The van der Waals surface area contributed by atoms with Gasteiger partial charge in [0.25, 0.3) is 5.78 Å². The van der Waals surface area contributed by atoms with E-state index in [1.54, 1.807) is 36.4 Å². The summed E-state index contributed by atoms with van der Waals surface area (Å²) >= 11 is 2.66. The van der Waals surface area contributed by atoms with Crippen LogP contribution in [0.15, 0.2) is 107 Å². The minimum absolute atomic E-state index is 0.0418. The largest absolute Gasteiger partial charge is 0.508 e. The molecule has 226 valence electrons. The van der Waals surface area contributed by atoms with E-state index >= 15 is 0 Å². The van der Waals surface area contributed by atoms with E-state index in [0.29, 0.717) is 33.6 Å². The van der Waals surface area contributed by atoms with Crippen molar-refractivity contribution >= 4 is 45.7 Å². The molecule has 10 heteroatoms. The molecule has 1 saturated heterocycles. The van der Waals surface area contributed by atoms with Gasteiger partial charge in [0.15, 0.2) is 4.34 Å². The second-order valence-electron chi connectivity index (χ2n) is 10.7. The van der Waals surface area contributed by atoms with Gasteiger partial charge in [-0.15, -0.1) is 10.2 Å². The summed E-state index contributed by atoms with van der Waals surface area (Å²) in [6.45, 7) is 4.43. The molecule has 1 amide bonds. The molecule has 0 spiro atoms. The summed E-state index contributed by atoms with van der Waals surface area (Å²) in [6, 6.07) is 28.1. The SMILES string of the molecule is Cc1ccc(CSc2nnc(N3C(=O)C(=O)/C(=C(/O)c4ccc(OCc5cccc(C)c5)cc4)C3c3cccc(O)c3)s2)cc1. The van der Waals surface area contributed by atoms with Gasteiger partial charge in [-0.05, 0) is 66.9 Å². The van der Waals surface area contributed by atoms with Crippen molar-refractivity contribution in [1.29, 1.82) is 0 Å². The zero-order valence-corrected chi connectivity index (χ0v) is 26.1. The number of hydrogen-bond acceptors (Lipinski definition) is 9. The number of amides is 1. The van der Waals surface area contributed by atoms with Crippen molar-refractivity contribution in [2.24, 2.45) is 0 Å². The number of aliphatic hydroxyl groups is 1. The minimum Gasteiger partial charge on any atom is -0.508 e. The number of Topliss-reactive ketones (excluding diaryl/α,β-unsaturated/α-hetero) is 1. The zero-order valence-electron chi connectivity index (χ0n) is 24.5. The quantitative estimate of drug-likeness (QED) is 0.0568. The number of aryl methyl sites for hydroxylation is 2. The highest BCUT2D eigenvalue weighted by atomic mass is 32.2. The number of anilines is 1. The predicted molar refractivity (Wildman–Crippen MR) is 175 cm³/mol. The number of ether oxygens (including phenoxy) is 1. The molecule has 0 saturated carbocycles. The van der Waals surface area contributed by atoms with Crippen molar-refractivity contribution in [2.75, 3.05) is 4.90 Å². The fraction of sp³-hybridized carbons (Fsp3) is 0.143. The number of ketones is 1. The Labute approximate surface area is 268 Å². The fourth-order valence-electron chi connectivity index (χ4n) is 5.06. The molecule has 0 bridgehead atoms. The van der Waals surface area contributed by atoms with Crippen LogP contribution in [0.25, 0.3) is 5.76 Å². The van der Waals surface area contributed by atoms with E-state index in [2.05, 4.69) is 10.2 Å². The Morgan fingerprint density at radius 1 is 0.889 bits per heavy atom. The average molecular weight is 636 g/mol. The lowest BCUT2D eigenvalue weighted by atomic mass is 9.95. The Kier molecular flexibility index (Phi) is 8.68. The monoisotopic (exact) mass is 635 g/mol. The molecule has 4 aromatic carbocycles. The van der Waals surface area contributed by atoms with Crippen LogP contribution in [0.1, 0.15) is 39.4 Å². The third-order valence-electron chi connectivity index (χ3n) is 7.33. The molecule has 1 atom stereocenters. The Morgan fingerprint density at radius 3 is 2.38 bits per heavy atom. The molecule has 1 aliphatic heterocycles. The average Bonchev–Trinajstić information content (AvgIpc) is 3.61. The van der Waals surface area contributed by atoms with E-state index in [-0.39, 0.29) is 22.2 Å². The molecule has 8 nitrogen and oxygen atoms in total. The third kappa shape index (κ3) is 6.62. The van der Waals surface area contributed by atoms with Gasteiger partial charge >= 0.3 is 5.91 Å². The molecule has 1 fully saturated rings. The van der Waals surface area contributed by atoms with Crippen molar-refractivity contribution in [3.63, 3.8) is 0 Å². The number of thioether (sulfide) groups is 1. The van der Waals surface area contributed by atoms with Crippen LogP contribution >= 0.6 is 23.1 Å². The molecule has 2 N–H and O–H groups in total. The van der Waals surface area contributed by atoms with Gasteiger partial charge < -0.3 is 14.9 Å². The molecule has 1 aliphatic rings. The Balaban J connectivity index is 1.29. The van der Waals surface area contributed by atoms with Gasteiger partial charge in [-0.3, -0.25) is 14.5 Å². The lowest BCUT2D eigenvalue weighted by Gasteiger charge is -2.22. The second-order valence-corrected chi connectivity index (χ2v) is 12.9. The van der Waals surface area contributed by atoms with Gasteiger partial charge in [0.05, 0.1) is 11.6 Å². The van der Waals surface area contributed by atoms with Crippen molar-refractivity contribution < 1.29 is 24.5 Å². The molecule has 2 heterocycles. The number of phenolic OH excluding ortho intramolecular Hbond substituents is 1. The van der Waals surface area contributed by atoms with Crippen LogP contribution in [0, 0.1) is 13.8 Å². The molecule has 1 unspecified atom stereocenters. The Hall–Kier alpha value is -4.93. The van der Waals surface area contributed by atoms with E-state index < -0.39 is 17.7 Å². The number of aliphatic hydroxyl groups excluding tert-OH is 1. The standard InChI is InChI=1S/C35H29N3O5S2/c1-21-9-11-23(12-10-21)20-44-35-37-36-34(45-35)38-30(26-7-4-8-27(39)18-26)29(32(41)33(38)42)31(40)25-13-15-28(16-14-25)43-19-24-6-3-5-22(2)17-24/h3-18,30,39-40H,19-20H2,1-2H3/b31-29+. The third-order valence-corrected chi connectivity index (χ3v) is 9.46. The normalized spacial score (nSPS) is 15.9. The number of nitrogens with zero attached hydrogens (tertiary/aromatic N) is 3. The number of rotatable bonds is 9. The van der Waals surface area contributed by atoms with E-state index in [1.807, 2.05) is 62.4 Å². The molecule has 0 radical (unpaired) electrons. The summed E-state index contributed by atoms with van der Waals surface area (Å²) in [5, 5.41) is 30.5. The topological polar surface area (TPSA) is 113 Å². The summed E-state index contributed by atoms with van der Waals surface area (Å²) < 4.78 is 6.54. The number of aromatic hydroxyl groups is 1. The lowest BCUT2D eigenvalue weighted by molar-refractivity contribution is -0.132. The second kappa shape index (κ2) is 13.0. The maximum absolute atomic E-state index is 13.5. The number of carbonyl (C=O) groups excluding carboxylic acids is 2. The highest BCUT2D eigenvalue weighted by molar-refractivity contribution is 8.00. The van der Waals surface area contributed by atoms with Crippen LogP contribution < -0.4 is 9.64 Å². The first-order valence-corrected chi connectivity index (χ1v) is 16.0. The number of aromatic nitrogens is 2. The Bertz CT molecular complexity index is 1900. The van der Waals surface area contributed by atoms with E-state index in [0.717, 1.165) is 16.7 Å². The summed E-state index contributed by atoms with van der Waals surface area (Å²) in [4.78, 5) is 28.3. The smallest absolute Gasteiger partial charge is 0.301 e. The lowest BCUT2D eigenvalue weighted by Crippen LogP contribution is -2.29. The highest BCUT2D eigenvalue weighted by Gasteiger charge is 2.48. The van der Waals surface area contributed by atoms with E-state index in [4.69, 9.17) is 4.74 Å². The zero-order chi connectivity index (χ0) is 31.5. The number of hydrogen-bond donors (Lipinski definition) is 2. The summed E-state index contributed by atoms with van der Waals surface area (Å²) in [7, 11) is 0. The van der Waals surface area contributed by atoms with E-state index in [9.17, 15) is 19.8 Å². The molecular weight excluding hydrogens is 607 g/mol. The molecule has 45 heavy (non-hydrogen) atoms. The van der Waals surface area contributed by atoms with Crippen LogP contribution in [-0.4, -0.2) is 32.1 Å². The van der Waals surface area contributed by atoms with Crippen LogP contribution in [0.5, 0.6) is 11.5 Å². The van der Waals surface area contributed by atoms with Crippen LogP contribution in [-0.2, 0) is 21.9 Å². The van der Waals surface area contributed by atoms with Crippen molar-refractivity contribution in [2.45, 2.75) is 36.6 Å². The van der Waals surface area contributed by atoms with Crippen LogP contribution in [0.4, 0.5) is 5.13 Å². The maximum Gasteiger partial charge on any atom is 0.301 e. The van der Waals surface area contributed by atoms with Crippen LogP contribution in [0.3, 0.4) is 0 Å². The van der Waals surface area contributed by atoms with Crippen molar-refractivity contribution in [3.05, 3.63) is 136 Å². The number of carbonyl (C=O) groups is 2. The summed E-state index contributed by atoms with van der Waals surface area (Å²) in [5.41, 5.74) is 5.14.